The van der Waals surface area contributed by atoms with Crippen molar-refractivity contribution in [3.63, 3.8) is 0 Å². The van der Waals surface area contributed by atoms with Crippen molar-refractivity contribution < 1.29 is 4.74 Å². The molecule has 0 heterocycles. The molecule has 0 atom stereocenters. The van der Waals surface area contributed by atoms with Gasteiger partial charge in [0.05, 0.1) is 41.7 Å². The lowest BCUT2D eigenvalue weighted by Gasteiger charge is -2.28. The van der Waals surface area contributed by atoms with E-state index in [1.54, 1.807) is 25.3 Å². The van der Waals surface area contributed by atoms with E-state index in [9.17, 15) is 10.5 Å². The number of ether oxygens (including phenoxy) is 1. The fourth-order valence-corrected chi connectivity index (χ4v) is 3.68. The fourth-order valence-electron chi connectivity index (χ4n) is 3.68. The van der Waals surface area contributed by atoms with Crippen molar-refractivity contribution in [2.45, 2.75) is 0 Å². The van der Waals surface area contributed by atoms with Gasteiger partial charge in [0.1, 0.15) is 5.75 Å². The molecule has 0 aliphatic carbocycles. The summed E-state index contributed by atoms with van der Waals surface area (Å²) in [5.74, 6) is 0.758. The molecule has 4 rings (SSSR count). The Labute approximate surface area is 193 Å². The van der Waals surface area contributed by atoms with Crippen molar-refractivity contribution in [3.8, 4) is 17.9 Å². The van der Waals surface area contributed by atoms with Crippen molar-refractivity contribution in [1.82, 2.24) is 0 Å². The van der Waals surface area contributed by atoms with E-state index < -0.39 is 0 Å². The zero-order chi connectivity index (χ0) is 23.0. The van der Waals surface area contributed by atoms with Gasteiger partial charge in [-0.05, 0) is 59.7 Å². The molecule has 4 aromatic carbocycles. The first-order valence-corrected chi connectivity index (χ1v) is 10.4. The summed E-state index contributed by atoms with van der Waals surface area (Å²) in [6.45, 7) is 0. The number of methoxy groups -OCH3 is 1. The summed E-state index contributed by atoms with van der Waals surface area (Å²) in [5, 5.41) is 18.7. The molecule has 0 unspecified atom stereocenters. The standard InChI is InChI=1S/C29H21N3O/c1-33-29-14-8-7-13-28(29)32(26-10-3-2-4-11-26)27-12-6-5-9-23(27)17-18-24-19-22(20-30)15-16-25(24)21-31/h2-19H,1H3/b18-17+. The van der Waals surface area contributed by atoms with Crippen molar-refractivity contribution in [2.75, 3.05) is 12.0 Å². The van der Waals surface area contributed by atoms with Gasteiger partial charge in [-0.3, -0.25) is 0 Å². The van der Waals surface area contributed by atoms with Crippen LogP contribution in [-0.2, 0) is 0 Å². The van der Waals surface area contributed by atoms with E-state index in [1.807, 2.05) is 72.8 Å². The second-order valence-electron chi connectivity index (χ2n) is 7.26. The molecule has 0 bridgehead atoms. The average molecular weight is 428 g/mol. The monoisotopic (exact) mass is 427 g/mol. The lowest BCUT2D eigenvalue weighted by molar-refractivity contribution is 0.416. The van der Waals surface area contributed by atoms with Gasteiger partial charge in [0.25, 0.3) is 0 Å². The number of para-hydroxylation sites is 4. The second-order valence-corrected chi connectivity index (χ2v) is 7.26. The first-order valence-electron chi connectivity index (χ1n) is 10.4. The van der Waals surface area contributed by atoms with Gasteiger partial charge < -0.3 is 9.64 Å². The Bertz CT molecular complexity index is 1380. The van der Waals surface area contributed by atoms with Crippen LogP contribution >= 0.6 is 0 Å². The minimum atomic E-state index is 0.516. The minimum absolute atomic E-state index is 0.516. The third-order valence-electron chi connectivity index (χ3n) is 5.26. The molecule has 0 aromatic heterocycles. The summed E-state index contributed by atoms with van der Waals surface area (Å²) in [7, 11) is 1.67. The van der Waals surface area contributed by atoms with Crippen LogP contribution in [0.4, 0.5) is 17.1 Å². The molecule has 0 amide bonds. The highest BCUT2D eigenvalue weighted by atomic mass is 16.5. The molecule has 4 heteroatoms. The van der Waals surface area contributed by atoms with Crippen molar-refractivity contribution in [3.05, 3.63) is 119 Å². The zero-order valence-electron chi connectivity index (χ0n) is 18.1. The summed E-state index contributed by atoms with van der Waals surface area (Å²) in [4.78, 5) is 2.15. The van der Waals surface area contributed by atoms with Gasteiger partial charge >= 0.3 is 0 Å². The summed E-state index contributed by atoms with van der Waals surface area (Å²) >= 11 is 0. The van der Waals surface area contributed by atoms with Crippen LogP contribution in [0, 0.1) is 22.7 Å². The van der Waals surface area contributed by atoms with Gasteiger partial charge in [0.2, 0.25) is 0 Å². The molecule has 0 radical (unpaired) electrons. The number of anilines is 3. The molecule has 4 aromatic rings. The van der Waals surface area contributed by atoms with Crippen LogP contribution in [-0.4, -0.2) is 7.11 Å². The van der Waals surface area contributed by atoms with Crippen LogP contribution in [0.3, 0.4) is 0 Å². The van der Waals surface area contributed by atoms with E-state index in [1.165, 1.54) is 0 Å². The number of benzene rings is 4. The first kappa shape index (κ1) is 21.4. The highest BCUT2D eigenvalue weighted by Crippen LogP contribution is 2.41. The third-order valence-corrected chi connectivity index (χ3v) is 5.26. The highest BCUT2D eigenvalue weighted by molar-refractivity contribution is 5.87. The van der Waals surface area contributed by atoms with Gasteiger partial charge in [0, 0.05) is 5.69 Å². The topological polar surface area (TPSA) is 60.0 Å². The van der Waals surface area contributed by atoms with E-state index in [4.69, 9.17) is 4.74 Å². The predicted octanol–water partition coefficient (Wildman–Crippen LogP) is 7.08. The largest absolute Gasteiger partial charge is 0.495 e. The Morgan fingerprint density at radius 1 is 0.697 bits per heavy atom. The van der Waals surface area contributed by atoms with Crippen molar-refractivity contribution in [1.29, 1.82) is 10.5 Å². The minimum Gasteiger partial charge on any atom is -0.495 e. The predicted molar refractivity (Wildman–Crippen MR) is 132 cm³/mol. The Balaban J connectivity index is 1.86. The van der Waals surface area contributed by atoms with Crippen LogP contribution in [0.25, 0.3) is 12.2 Å². The maximum absolute atomic E-state index is 9.49. The number of nitriles is 2. The van der Waals surface area contributed by atoms with Gasteiger partial charge in [-0.25, -0.2) is 0 Å². The van der Waals surface area contributed by atoms with E-state index >= 15 is 0 Å². The van der Waals surface area contributed by atoms with Crippen molar-refractivity contribution >= 4 is 29.2 Å². The normalized spacial score (nSPS) is 10.4. The zero-order valence-corrected chi connectivity index (χ0v) is 18.1. The summed E-state index contributed by atoms with van der Waals surface area (Å²) in [5.41, 5.74) is 5.56. The summed E-state index contributed by atoms with van der Waals surface area (Å²) in [6.07, 6.45) is 3.85. The SMILES string of the molecule is COc1ccccc1N(c1ccccc1)c1ccccc1/C=C/c1cc(C#N)ccc1C#N. The Kier molecular flexibility index (Phi) is 6.50. The number of hydrogen-bond donors (Lipinski definition) is 0. The Hall–Kier alpha value is -4.80. The van der Waals surface area contributed by atoms with Crippen LogP contribution in [0.2, 0.25) is 0 Å². The van der Waals surface area contributed by atoms with Crippen molar-refractivity contribution in [2.24, 2.45) is 0 Å². The molecular weight excluding hydrogens is 406 g/mol. The molecule has 0 N–H and O–H groups in total. The van der Waals surface area contributed by atoms with E-state index in [0.29, 0.717) is 16.7 Å². The van der Waals surface area contributed by atoms with Gasteiger partial charge in [0.15, 0.2) is 0 Å². The van der Waals surface area contributed by atoms with E-state index in [2.05, 4.69) is 35.2 Å². The lowest BCUT2D eigenvalue weighted by Crippen LogP contribution is -2.12. The molecule has 0 saturated heterocycles. The van der Waals surface area contributed by atoms with Crippen LogP contribution in [0.15, 0.2) is 97.1 Å². The van der Waals surface area contributed by atoms with Crippen LogP contribution < -0.4 is 9.64 Å². The van der Waals surface area contributed by atoms with Crippen LogP contribution in [0.1, 0.15) is 22.3 Å². The number of rotatable bonds is 6. The van der Waals surface area contributed by atoms with Crippen LogP contribution in [0.5, 0.6) is 5.75 Å². The Morgan fingerprint density at radius 2 is 1.36 bits per heavy atom. The maximum atomic E-state index is 9.49. The molecule has 0 spiro atoms. The average Bonchev–Trinajstić information content (AvgIpc) is 2.89. The second kappa shape index (κ2) is 10.0. The maximum Gasteiger partial charge on any atom is 0.142 e. The molecule has 4 nitrogen and oxygen atoms in total. The molecule has 0 fully saturated rings. The molecular formula is C29H21N3O. The fraction of sp³-hybridized carbons (Fsp3) is 0.0345. The molecule has 0 aliphatic heterocycles. The van der Waals surface area contributed by atoms with E-state index in [-0.39, 0.29) is 0 Å². The molecule has 0 saturated carbocycles. The summed E-state index contributed by atoms with van der Waals surface area (Å²) < 4.78 is 5.67. The molecule has 33 heavy (non-hydrogen) atoms. The third kappa shape index (κ3) is 4.61. The van der Waals surface area contributed by atoms with Gasteiger partial charge in [-0.1, -0.05) is 60.7 Å². The summed E-state index contributed by atoms with van der Waals surface area (Å²) in [6, 6.07) is 35.4. The first-order chi connectivity index (χ1) is 16.2. The molecule has 0 aliphatic rings. The lowest BCUT2D eigenvalue weighted by atomic mass is 10.0. The quantitative estimate of drug-likeness (QED) is 0.309. The van der Waals surface area contributed by atoms with Gasteiger partial charge in [-0.2, -0.15) is 10.5 Å². The molecule has 158 valence electrons. The number of nitrogens with zero attached hydrogens (tertiary/aromatic N) is 3. The Morgan fingerprint density at radius 3 is 2.09 bits per heavy atom. The van der Waals surface area contributed by atoms with Gasteiger partial charge in [-0.15, -0.1) is 0 Å². The highest BCUT2D eigenvalue weighted by Gasteiger charge is 2.18. The smallest absolute Gasteiger partial charge is 0.142 e. The van der Waals surface area contributed by atoms with E-state index in [0.717, 1.165) is 28.4 Å². The number of hydrogen-bond acceptors (Lipinski definition) is 4.